The summed E-state index contributed by atoms with van der Waals surface area (Å²) in [5.41, 5.74) is 7.29. The third-order valence-corrected chi connectivity index (χ3v) is 9.01. The van der Waals surface area contributed by atoms with Crippen molar-refractivity contribution >= 4 is 18.4 Å². The van der Waals surface area contributed by atoms with Crippen molar-refractivity contribution in [3.63, 3.8) is 0 Å². The summed E-state index contributed by atoms with van der Waals surface area (Å²) in [6.07, 6.45) is 2.10. The smallest absolute Gasteiger partial charge is 0.201 e. The number of nitriles is 1. The van der Waals surface area contributed by atoms with Gasteiger partial charge in [-0.25, -0.2) is 4.57 Å². The Kier molecular flexibility index (Phi) is 3.42. The zero-order valence-electron chi connectivity index (χ0n) is 15.1. The van der Waals surface area contributed by atoms with E-state index in [1.807, 2.05) is 12.1 Å². The van der Waals surface area contributed by atoms with Crippen molar-refractivity contribution < 1.29 is 4.57 Å². The lowest BCUT2D eigenvalue weighted by Gasteiger charge is -2.23. The molecule has 3 heteroatoms. The maximum atomic E-state index is 9.67. The monoisotopic (exact) mass is 341 g/mol. The van der Waals surface area contributed by atoms with E-state index in [1.165, 1.54) is 38.3 Å². The van der Waals surface area contributed by atoms with Crippen molar-refractivity contribution in [1.29, 1.82) is 5.26 Å². The van der Waals surface area contributed by atoms with Gasteiger partial charge in [-0.1, -0.05) is 37.4 Å². The van der Waals surface area contributed by atoms with Crippen molar-refractivity contribution in [3.8, 4) is 28.5 Å². The van der Waals surface area contributed by atoms with Crippen LogP contribution >= 0.6 is 0 Å². The van der Waals surface area contributed by atoms with Crippen LogP contribution in [0.4, 0.5) is 0 Å². The van der Waals surface area contributed by atoms with Crippen LogP contribution in [0.1, 0.15) is 11.1 Å². The first-order valence-corrected chi connectivity index (χ1v) is 11.6. The van der Waals surface area contributed by atoms with Crippen LogP contribution in [0.5, 0.6) is 0 Å². The predicted octanol–water partition coefficient (Wildman–Crippen LogP) is 3.16. The van der Waals surface area contributed by atoms with E-state index in [9.17, 15) is 5.26 Å². The maximum Gasteiger partial charge on any atom is 0.212 e. The van der Waals surface area contributed by atoms with Gasteiger partial charge in [-0.3, -0.25) is 0 Å². The third kappa shape index (κ3) is 2.11. The lowest BCUT2D eigenvalue weighted by atomic mass is 9.96. The standard InChI is InChI=1S/C22H21N2Si/c1-15-11-12-18-17-9-7-8-16(14-23)21(17)25(3,4)22(18)20(15)19-10-5-6-13-24(19)2/h5-13H,1-4H3/q+1. The molecule has 2 nitrogen and oxygen atoms in total. The summed E-state index contributed by atoms with van der Waals surface area (Å²) in [4.78, 5) is 0. The molecule has 0 atom stereocenters. The minimum absolute atomic E-state index is 0.839. The highest BCUT2D eigenvalue weighted by Crippen LogP contribution is 2.35. The summed E-state index contributed by atoms with van der Waals surface area (Å²) >= 11 is 0. The van der Waals surface area contributed by atoms with Gasteiger partial charge in [0, 0.05) is 17.7 Å². The molecule has 122 valence electrons. The molecule has 0 spiro atoms. The van der Waals surface area contributed by atoms with Gasteiger partial charge in [-0.15, -0.1) is 0 Å². The molecule has 1 aliphatic rings. The van der Waals surface area contributed by atoms with E-state index >= 15 is 0 Å². The van der Waals surface area contributed by atoms with E-state index in [1.54, 1.807) is 0 Å². The average molecular weight is 342 g/mol. The highest BCUT2D eigenvalue weighted by atomic mass is 28.3. The third-order valence-electron chi connectivity index (χ3n) is 5.45. The highest BCUT2D eigenvalue weighted by molar-refractivity contribution is 7.05. The van der Waals surface area contributed by atoms with Gasteiger partial charge in [0.1, 0.15) is 15.1 Å². The number of aryl methyl sites for hydroxylation is 2. The summed E-state index contributed by atoms with van der Waals surface area (Å²) in [7, 11) is 0.138. The molecule has 1 aliphatic heterocycles. The Labute approximate surface area is 150 Å². The lowest BCUT2D eigenvalue weighted by molar-refractivity contribution is -0.660. The molecule has 2 aromatic carbocycles. The molecule has 0 saturated heterocycles. The second kappa shape index (κ2) is 5.40. The van der Waals surface area contributed by atoms with E-state index in [0.29, 0.717) is 0 Å². The molecule has 4 rings (SSSR count). The number of hydrogen-bond donors (Lipinski definition) is 0. The Hall–Kier alpha value is -2.70. The molecule has 2 heterocycles. The lowest BCUT2D eigenvalue weighted by Crippen LogP contribution is -2.52. The molecular formula is C22H21N2Si+. The molecule has 0 unspecified atom stereocenters. The van der Waals surface area contributed by atoms with Gasteiger partial charge >= 0.3 is 0 Å². The molecule has 0 aliphatic carbocycles. The van der Waals surface area contributed by atoms with E-state index in [2.05, 4.69) is 80.3 Å². The van der Waals surface area contributed by atoms with Crippen LogP contribution in [-0.2, 0) is 7.05 Å². The van der Waals surface area contributed by atoms with Crippen LogP contribution in [0, 0.1) is 18.3 Å². The number of benzene rings is 2. The van der Waals surface area contributed by atoms with Gasteiger partial charge in [0.2, 0.25) is 5.69 Å². The molecule has 25 heavy (non-hydrogen) atoms. The average Bonchev–Trinajstić information content (AvgIpc) is 2.84. The quantitative estimate of drug-likeness (QED) is 0.493. The molecule has 0 fully saturated rings. The molecule has 0 N–H and O–H groups in total. The Morgan fingerprint density at radius 3 is 2.40 bits per heavy atom. The van der Waals surface area contributed by atoms with Crippen LogP contribution in [0.2, 0.25) is 13.1 Å². The Bertz CT molecular complexity index is 1060. The number of rotatable bonds is 1. The summed E-state index contributed by atoms with van der Waals surface area (Å²) in [5, 5.41) is 12.4. The fourth-order valence-electron chi connectivity index (χ4n) is 4.36. The molecular weight excluding hydrogens is 320 g/mol. The van der Waals surface area contributed by atoms with Crippen molar-refractivity contribution in [2.75, 3.05) is 0 Å². The summed E-state index contributed by atoms with van der Waals surface area (Å²) in [6.45, 7) is 6.95. The van der Waals surface area contributed by atoms with Gasteiger partial charge in [-0.05, 0) is 46.1 Å². The zero-order valence-corrected chi connectivity index (χ0v) is 16.1. The molecule has 0 saturated carbocycles. The van der Waals surface area contributed by atoms with Crippen LogP contribution in [-0.4, -0.2) is 8.07 Å². The number of nitrogens with zero attached hydrogens (tertiary/aromatic N) is 2. The summed E-state index contributed by atoms with van der Waals surface area (Å²) in [6, 6.07) is 19.4. The van der Waals surface area contributed by atoms with Gasteiger partial charge < -0.3 is 0 Å². The summed E-state index contributed by atoms with van der Waals surface area (Å²) < 4.78 is 2.20. The van der Waals surface area contributed by atoms with Gasteiger partial charge in [0.15, 0.2) is 6.20 Å². The minimum Gasteiger partial charge on any atom is -0.201 e. The molecule has 0 amide bonds. The molecule has 3 aromatic rings. The Morgan fingerprint density at radius 1 is 0.920 bits per heavy atom. The van der Waals surface area contributed by atoms with Crippen LogP contribution in [0.25, 0.3) is 22.4 Å². The topological polar surface area (TPSA) is 27.7 Å². The van der Waals surface area contributed by atoms with E-state index < -0.39 is 8.07 Å². The fraction of sp³-hybridized carbons (Fsp3) is 0.182. The van der Waals surface area contributed by atoms with Crippen molar-refractivity contribution in [2.45, 2.75) is 20.0 Å². The number of aromatic nitrogens is 1. The molecule has 0 bridgehead atoms. The normalized spacial score (nSPS) is 13.9. The molecule has 0 radical (unpaired) electrons. The first-order valence-electron chi connectivity index (χ1n) is 8.60. The maximum absolute atomic E-state index is 9.67. The van der Waals surface area contributed by atoms with E-state index in [0.717, 1.165) is 5.56 Å². The van der Waals surface area contributed by atoms with Gasteiger partial charge in [-0.2, -0.15) is 5.26 Å². The second-order valence-corrected chi connectivity index (χ2v) is 11.6. The van der Waals surface area contributed by atoms with Crippen molar-refractivity contribution in [2.24, 2.45) is 7.05 Å². The number of hydrogen-bond acceptors (Lipinski definition) is 1. The fourth-order valence-corrected chi connectivity index (χ4v) is 8.16. The highest BCUT2D eigenvalue weighted by Gasteiger charge is 2.42. The number of fused-ring (bicyclic) bond motifs is 3. The first-order chi connectivity index (χ1) is 12.0. The second-order valence-electron chi connectivity index (χ2n) is 7.34. The van der Waals surface area contributed by atoms with Crippen LogP contribution < -0.4 is 14.9 Å². The van der Waals surface area contributed by atoms with Crippen LogP contribution in [0.15, 0.2) is 54.7 Å². The SMILES string of the molecule is Cc1ccc2c(c1-c1cccc[n+]1C)[Si](C)(C)c1c(C#N)cccc1-2. The van der Waals surface area contributed by atoms with Crippen molar-refractivity contribution in [1.82, 2.24) is 0 Å². The van der Waals surface area contributed by atoms with Crippen LogP contribution in [0.3, 0.4) is 0 Å². The van der Waals surface area contributed by atoms with Crippen molar-refractivity contribution in [3.05, 3.63) is 65.9 Å². The molecule has 1 aromatic heterocycles. The largest absolute Gasteiger partial charge is 0.212 e. The summed E-state index contributed by atoms with van der Waals surface area (Å²) in [5.74, 6) is 0. The van der Waals surface area contributed by atoms with Gasteiger partial charge in [0.25, 0.3) is 0 Å². The Morgan fingerprint density at radius 2 is 1.68 bits per heavy atom. The zero-order chi connectivity index (χ0) is 17.8. The first kappa shape index (κ1) is 15.8. The van der Waals surface area contributed by atoms with E-state index in [-0.39, 0.29) is 0 Å². The Balaban J connectivity index is 2.14. The minimum atomic E-state index is -1.96. The predicted molar refractivity (Wildman–Crippen MR) is 105 cm³/mol. The number of pyridine rings is 1. The van der Waals surface area contributed by atoms with E-state index in [4.69, 9.17) is 0 Å². The van der Waals surface area contributed by atoms with Gasteiger partial charge in [0.05, 0.1) is 11.6 Å².